The number of hydrogen-bond acceptors (Lipinski definition) is 7. The number of esters is 2. The molecule has 1 unspecified atom stereocenters. The molecule has 38 heavy (non-hydrogen) atoms. The van der Waals surface area contributed by atoms with Gasteiger partial charge in [-0.2, -0.15) is 0 Å². The minimum Gasteiger partial charge on any atom is -0.468 e. The van der Waals surface area contributed by atoms with Gasteiger partial charge in [-0.1, -0.05) is 78.9 Å². The van der Waals surface area contributed by atoms with Crippen molar-refractivity contribution in [3.05, 3.63) is 114 Å². The molecule has 1 aliphatic carbocycles. The third-order valence-electron chi connectivity index (χ3n) is 6.65. The summed E-state index contributed by atoms with van der Waals surface area (Å²) in [6, 6.07) is 24.9. The molecule has 2 N–H and O–H groups in total. The lowest BCUT2D eigenvalue weighted by atomic mass is 9.98. The predicted molar refractivity (Wildman–Crippen MR) is 141 cm³/mol. The molecule has 194 valence electrons. The van der Waals surface area contributed by atoms with Crippen LogP contribution in [0.5, 0.6) is 0 Å². The average Bonchev–Trinajstić information content (AvgIpc) is 3.59. The number of aromatic amines is 1. The van der Waals surface area contributed by atoms with Crippen LogP contribution >= 0.6 is 0 Å². The molecule has 0 amide bonds. The first kappa shape index (κ1) is 25.4. The van der Waals surface area contributed by atoms with Crippen LogP contribution in [0.3, 0.4) is 0 Å². The largest absolute Gasteiger partial charge is 0.468 e. The summed E-state index contributed by atoms with van der Waals surface area (Å²) >= 11 is 0. The van der Waals surface area contributed by atoms with Gasteiger partial charge < -0.3 is 19.2 Å². The molecule has 2 atom stereocenters. The zero-order chi connectivity index (χ0) is 26.3. The van der Waals surface area contributed by atoms with Gasteiger partial charge in [0.1, 0.15) is 12.6 Å². The molecular formula is C30H29N3O5. The number of fused-ring (bicyclic) bond motifs is 3. The molecule has 0 spiro atoms. The summed E-state index contributed by atoms with van der Waals surface area (Å²) in [6.07, 6.45) is 2.17. The number of aromatic nitrogens is 2. The van der Waals surface area contributed by atoms with Gasteiger partial charge in [0.25, 0.3) is 0 Å². The Morgan fingerprint density at radius 1 is 0.921 bits per heavy atom. The Balaban J connectivity index is 1.33. The Labute approximate surface area is 221 Å². The third kappa shape index (κ3) is 5.66. The Hall–Kier alpha value is -4.27. The number of ether oxygens (including phenoxy) is 3. The van der Waals surface area contributed by atoms with Crippen molar-refractivity contribution < 1.29 is 23.8 Å². The molecule has 0 radical (unpaired) electrons. The van der Waals surface area contributed by atoms with Gasteiger partial charge >= 0.3 is 11.9 Å². The first-order chi connectivity index (χ1) is 18.6. The van der Waals surface area contributed by atoms with Gasteiger partial charge in [0, 0.05) is 24.2 Å². The fourth-order valence-corrected chi connectivity index (χ4v) is 4.77. The Morgan fingerprint density at radius 3 is 2.21 bits per heavy atom. The highest BCUT2D eigenvalue weighted by Gasteiger charge is 2.33. The molecule has 4 aromatic rings. The molecule has 3 aromatic carbocycles. The Kier molecular flexibility index (Phi) is 7.92. The number of carbonyl (C=O) groups is 2. The zero-order valence-corrected chi connectivity index (χ0v) is 21.0. The lowest BCUT2D eigenvalue weighted by Gasteiger charge is -2.24. The first-order valence-electron chi connectivity index (χ1n) is 12.5. The molecule has 1 aliphatic rings. The fourth-order valence-electron chi connectivity index (χ4n) is 4.77. The molecule has 5 rings (SSSR count). The second kappa shape index (κ2) is 11.9. The van der Waals surface area contributed by atoms with E-state index in [1.54, 1.807) is 6.20 Å². The first-order valence-corrected chi connectivity index (χ1v) is 12.5. The van der Waals surface area contributed by atoms with E-state index in [9.17, 15) is 9.59 Å². The minimum atomic E-state index is -1.20. The topological polar surface area (TPSA) is 103 Å². The standard InChI is InChI=1S/C30H29N3O5/c1-36-29(34)27(15-21-16-31-19-32-21)33-28(37-17-20-9-3-2-4-10-20)30(35)38-18-26-24-13-7-5-11-22(24)23-12-6-8-14-25(23)26/h2-14,16,19,26-28,33H,15,17-18H2,1H3,(H,31,32)/t27-,28?/m0/s1. The van der Waals surface area contributed by atoms with Crippen LogP contribution in [0.2, 0.25) is 0 Å². The summed E-state index contributed by atoms with van der Waals surface area (Å²) < 4.78 is 16.8. The third-order valence-corrected chi connectivity index (χ3v) is 6.65. The van der Waals surface area contributed by atoms with E-state index in [0.29, 0.717) is 5.69 Å². The molecule has 0 saturated carbocycles. The Morgan fingerprint density at radius 2 is 1.58 bits per heavy atom. The lowest BCUT2D eigenvalue weighted by Crippen LogP contribution is -2.50. The predicted octanol–water partition coefficient (Wildman–Crippen LogP) is 3.98. The number of rotatable bonds is 11. The quantitative estimate of drug-likeness (QED) is 0.232. The van der Waals surface area contributed by atoms with Gasteiger partial charge in [-0.05, 0) is 27.8 Å². The number of nitrogens with zero attached hydrogens (tertiary/aromatic N) is 1. The molecule has 1 heterocycles. The summed E-state index contributed by atoms with van der Waals surface area (Å²) in [5, 5.41) is 3.01. The molecular weight excluding hydrogens is 482 g/mol. The molecule has 8 nitrogen and oxygen atoms in total. The smallest absolute Gasteiger partial charge is 0.350 e. The molecule has 0 aliphatic heterocycles. The summed E-state index contributed by atoms with van der Waals surface area (Å²) in [6.45, 7) is 0.295. The van der Waals surface area contributed by atoms with E-state index in [4.69, 9.17) is 14.2 Å². The van der Waals surface area contributed by atoms with Crippen molar-refractivity contribution in [2.75, 3.05) is 13.7 Å². The van der Waals surface area contributed by atoms with E-state index in [1.165, 1.54) is 13.4 Å². The second-order valence-electron chi connectivity index (χ2n) is 9.06. The van der Waals surface area contributed by atoms with Gasteiger partial charge in [0.2, 0.25) is 6.23 Å². The van der Waals surface area contributed by atoms with E-state index >= 15 is 0 Å². The highest BCUT2D eigenvalue weighted by atomic mass is 16.6. The number of hydrogen-bond donors (Lipinski definition) is 2. The van der Waals surface area contributed by atoms with Crippen LogP contribution in [0, 0.1) is 0 Å². The van der Waals surface area contributed by atoms with Gasteiger partial charge in [0.15, 0.2) is 0 Å². The van der Waals surface area contributed by atoms with Gasteiger partial charge in [0.05, 0.1) is 20.0 Å². The SMILES string of the molecule is COC(=O)[C@H](Cc1cnc[nH]1)NC(OCc1ccccc1)C(=O)OCC1c2ccccc2-c2ccccc21. The van der Waals surface area contributed by atoms with Crippen molar-refractivity contribution in [1.82, 2.24) is 15.3 Å². The second-order valence-corrected chi connectivity index (χ2v) is 9.06. The van der Waals surface area contributed by atoms with Crippen molar-refractivity contribution in [3.8, 4) is 11.1 Å². The van der Waals surface area contributed by atoms with E-state index < -0.39 is 24.2 Å². The van der Waals surface area contributed by atoms with Crippen LogP contribution in [0.15, 0.2) is 91.4 Å². The lowest BCUT2D eigenvalue weighted by molar-refractivity contribution is -0.163. The van der Waals surface area contributed by atoms with E-state index in [-0.39, 0.29) is 25.6 Å². The molecule has 0 bridgehead atoms. The highest BCUT2D eigenvalue weighted by molar-refractivity contribution is 5.80. The molecule has 8 heteroatoms. The monoisotopic (exact) mass is 511 g/mol. The van der Waals surface area contributed by atoms with Crippen LogP contribution in [-0.4, -0.2) is 47.9 Å². The molecule has 0 saturated heterocycles. The molecule has 1 aromatic heterocycles. The minimum absolute atomic E-state index is 0.0949. The van der Waals surface area contributed by atoms with Crippen LogP contribution in [0.4, 0.5) is 0 Å². The fraction of sp³-hybridized carbons (Fsp3) is 0.233. The van der Waals surface area contributed by atoms with Crippen LogP contribution in [0.25, 0.3) is 11.1 Å². The Bertz CT molecular complexity index is 1330. The average molecular weight is 512 g/mol. The van der Waals surface area contributed by atoms with Crippen molar-refractivity contribution >= 4 is 11.9 Å². The van der Waals surface area contributed by atoms with Crippen molar-refractivity contribution in [1.29, 1.82) is 0 Å². The maximum atomic E-state index is 13.4. The number of methoxy groups -OCH3 is 1. The molecule has 0 fully saturated rings. The van der Waals surface area contributed by atoms with Crippen molar-refractivity contribution in [3.63, 3.8) is 0 Å². The number of benzene rings is 3. The van der Waals surface area contributed by atoms with Crippen LogP contribution in [-0.2, 0) is 36.8 Å². The van der Waals surface area contributed by atoms with Gasteiger partial charge in [-0.25, -0.2) is 9.78 Å². The number of H-pyrrole nitrogens is 1. The van der Waals surface area contributed by atoms with E-state index in [2.05, 4.69) is 39.6 Å². The van der Waals surface area contributed by atoms with E-state index in [0.717, 1.165) is 27.8 Å². The maximum absolute atomic E-state index is 13.4. The number of nitrogens with one attached hydrogen (secondary N) is 2. The van der Waals surface area contributed by atoms with Crippen molar-refractivity contribution in [2.24, 2.45) is 0 Å². The van der Waals surface area contributed by atoms with Crippen molar-refractivity contribution in [2.45, 2.75) is 31.2 Å². The maximum Gasteiger partial charge on any atom is 0.350 e. The van der Waals surface area contributed by atoms with Gasteiger partial charge in [-0.15, -0.1) is 0 Å². The number of carbonyl (C=O) groups excluding carboxylic acids is 2. The van der Waals surface area contributed by atoms with E-state index in [1.807, 2.05) is 54.6 Å². The normalized spacial score (nSPS) is 13.8. The number of imidazole rings is 1. The summed E-state index contributed by atoms with van der Waals surface area (Å²) in [7, 11) is 1.30. The van der Waals surface area contributed by atoms with Gasteiger partial charge in [-0.3, -0.25) is 10.1 Å². The summed E-state index contributed by atoms with van der Waals surface area (Å²) in [4.78, 5) is 33.0. The summed E-state index contributed by atoms with van der Waals surface area (Å²) in [5.74, 6) is -1.23. The highest BCUT2D eigenvalue weighted by Crippen LogP contribution is 2.44. The zero-order valence-electron chi connectivity index (χ0n) is 21.0. The van der Waals surface area contributed by atoms with Crippen LogP contribution < -0.4 is 5.32 Å². The summed E-state index contributed by atoms with van der Waals surface area (Å²) in [5.41, 5.74) is 6.11. The van der Waals surface area contributed by atoms with Crippen LogP contribution in [0.1, 0.15) is 28.3 Å².